The number of carbonyl (C=O) groups excluding carboxylic acids is 4. The minimum Gasteiger partial charge on any atom is -0.545 e. The largest absolute Gasteiger partial charge is 1.00 e. The van der Waals surface area contributed by atoms with Crippen molar-refractivity contribution in [1.29, 1.82) is 0 Å². The number of carboxylic acids is 4. The van der Waals surface area contributed by atoms with Crippen molar-refractivity contribution < 1.29 is 158 Å². The Bertz CT molecular complexity index is 688. The van der Waals surface area contributed by atoms with Crippen LogP contribution in [0.15, 0.2) is 22.3 Å². The smallest absolute Gasteiger partial charge is 0.545 e. The number of aliphatic carboxylic acids is 4. The summed E-state index contributed by atoms with van der Waals surface area (Å²) in [5.41, 5.74) is -2.08. The van der Waals surface area contributed by atoms with Crippen LogP contribution in [0.5, 0.6) is 0 Å². The summed E-state index contributed by atoms with van der Waals surface area (Å²) in [6.45, 7) is 3.36. The van der Waals surface area contributed by atoms with Gasteiger partial charge in [0.1, 0.15) is 0 Å². The molecule has 0 bridgehead atoms. The fourth-order valence-electron chi connectivity index (χ4n) is 3.38. The molecule has 8 nitrogen and oxygen atoms in total. The zero-order valence-electron chi connectivity index (χ0n) is 18.7. The number of hydrogen-bond donors (Lipinski definition) is 0. The van der Waals surface area contributed by atoms with E-state index in [1.165, 1.54) is 0 Å². The molecular formula is C18H20Na4O8. The van der Waals surface area contributed by atoms with Crippen molar-refractivity contribution in [2.75, 3.05) is 0 Å². The van der Waals surface area contributed by atoms with E-state index in [1.807, 2.05) is 0 Å². The quantitative estimate of drug-likeness (QED) is 0.341. The summed E-state index contributed by atoms with van der Waals surface area (Å²) in [6.07, 6.45) is -0.172. The molecule has 0 heterocycles. The van der Waals surface area contributed by atoms with Crippen LogP contribution >= 0.6 is 0 Å². The molecule has 0 N–H and O–H groups in total. The predicted molar refractivity (Wildman–Crippen MR) is 80.1 cm³/mol. The van der Waals surface area contributed by atoms with Gasteiger partial charge < -0.3 is 39.6 Å². The molecule has 0 fully saturated rings. The summed E-state index contributed by atoms with van der Waals surface area (Å²) in [7, 11) is 0. The Morgan fingerprint density at radius 2 is 1.10 bits per heavy atom. The van der Waals surface area contributed by atoms with Gasteiger partial charge >= 0.3 is 118 Å². The van der Waals surface area contributed by atoms with Gasteiger partial charge in [0.2, 0.25) is 0 Å². The molecule has 0 aromatic carbocycles. The van der Waals surface area contributed by atoms with Crippen LogP contribution in [-0.4, -0.2) is 23.9 Å². The maximum absolute atomic E-state index is 11.7. The first-order valence-corrected chi connectivity index (χ1v) is 8.44. The topological polar surface area (TPSA) is 161 Å². The third-order valence-electron chi connectivity index (χ3n) is 4.71. The van der Waals surface area contributed by atoms with Crippen molar-refractivity contribution in [3.63, 3.8) is 0 Å². The van der Waals surface area contributed by atoms with Crippen LogP contribution in [0.2, 0.25) is 0 Å². The van der Waals surface area contributed by atoms with Gasteiger partial charge in [-0.3, -0.25) is 0 Å². The van der Waals surface area contributed by atoms with Crippen molar-refractivity contribution in [1.82, 2.24) is 0 Å². The fourth-order valence-corrected chi connectivity index (χ4v) is 3.38. The van der Waals surface area contributed by atoms with Crippen molar-refractivity contribution in [2.45, 2.75) is 52.4 Å². The Morgan fingerprint density at radius 3 is 1.43 bits per heavy atom. The van der Waals surface area contributed by atoms with E-state index in [1.54, 1.807) is 13.8 Å². The summed E-state index contributed by atoms with van der Waals surface area (Å²) < 4.78 is 0. The van der Waals surface area contributed by atoms with Crippen molar-refractivity contribution in [3.8, 4) is 0 Å². The van der Waals surface area contributed by atoms with E-state index in [4.69, 9.17) is 0 Å². The third-order valence-corrected chi connectivity index (χ3v) is 4.71. The molecule has 0 amide bonds. The summed E-state index contributed by atoms with van der Waals surface area (Å²) >= 11 is 0. The van der Waals surface area contributed by atoms with Crippen LogP contribution in [0.4, 0.5) is 0 Å². The molecule has 2 unspecified atom stereocenters. The Balaban J connectivity index is -0.000000845. The van der Waals surface area contributed by atoms with Crippen LogP contribution in [0.25, 0.3) is 0 Å². The molecule has 2 atom stereocenters. The zero-order chi connectivity index (χ0) is 20.0. The van der Waals surface area contributed by atoms with E-state index in [0.29, 0.717) is 12.8 Å². The Kier molecular flexibility index (Phi) is 24.1. The van der Waals surface area contributed by atoms with Gasteiger partial charge in [-0.05, 0) is 59.8 Å². The maximum Gasteiger partial charge on any atom is 1.00 e. The Hall–Kier alpha value is 1.36. The first kappa shape index (κ1) is 38.6. The average Bonchev–Trinajstić information content (AvgIpc) is 2.60. The van der Waals surface area contributed by atoms with Crippen LogP contribution in [0, 0.1) is 11.8 Å². The zero-order valence-corrected chi connectivity index (χ0v) is 26.7. The second kappa shape index (κ2) is 18.7. The molecule has 0 aromatic rings. The van der Waals surface area contributed by atoms with E-state index in [-0.39, 0.29) is 137 Å². The van der Waals surface area contributed by atoms with Crippen molar-refractivity contribution in [3.05, 3.63) is 22.3 Å². The van der Waals surface area contributed by atoms with Crippen LogP contribution in [-0.2, 0) is 19.2 Å². The number of rotatable bonds is 7. The van der Waals surface area contributed by atoms with Gasteiger partial charge in [-0.15, -0.1) is 0 Å². The summed E-state index contributed by atoms with van der Waals surface area (Å²) in [5.74, 6) is -8.50. The number of hydrogen-bond acceptors (Lipinski definition) is 8. The number of carboxylic acid groups (broad SMARTS) is 4. The van der Waals surface area contributed by atoms with Gasteiger partial charge in [-0.1, -0.05) is 26.7 Å². The van der Waals surface area contributed by atoms with E-state index < -0.39 is 64.4 Å². The van der Waals surface area contributed by atoms with Gasteiger partial charge in [0.15, 0.2) is 0 Å². The molecule has 0 aromatic heterocycles. The van der Waals surface area contributed by atoms with Gasteiger partial charge in [0.05, 0.1) is 23.9 Å². The monoisotopic (exact) mass is 456 g/mol. The standard InChI is InChI=1S/C18H24O8.4Na/c1-3-5-10-8-12(16(21)22)11(15(19)20)6-9(4-2)7-13(17(23)24)14(10)18(25)26;;;;/h9-10H,3-8H2,1-2H3,(H,19,20)(H,21,22)(H,23,24)(H,25,26);;;;/q;4*+1/p-4/b12-11-,14-13-;;;;. The summed E-state index contributed by atoms with van der Waals surface area (Å²) in [6, 6.07) is 0. The molecule has 0 radical (unpaired) electrons. The molecule has 1 aliphatic carbocycles. The van der Waals surface area contributed by atoms with Gasteiger partial charge in [-0.2, -0.15) is 0 Å². The van der Waals surface area contributed by atoms with Gasteiger partial charge in [-0.25, -0.2) is 0 Å². The molecule has 30 heavy (non-hydrogen) atoms. The molecule has 0 spiro atoms. The molecule has 0 aliphatic heterocycles. The summed E-state index contributed by atoms with van der Waals surface area (Å²) in [4.78, 5) is 46.2. The van der Waals surface area contributed by atoms with Crippen LogP contribution in [0.3, 0.4) is 0 Å². The fraction of sp³-hybridized carbons (Fsp3) is 0.556. The second-order valence-electron chi connectivity index (χ2n) is 6.37. The van der Waals surface area contributed by atoms with Crippen LogP contribution in [0.1, 0.15) is 52.4 Å². The minimum atomic E-state index is -1.74. The average molecular weight is 456 g/mol. The van der Waals surface area contributed by atoms with E-state index in [9.17, 15) is 39.6 Å². The van der Waals surface area contributed by atoms with E-state index in [0.717, 1.165) is 0 Å². The van der Waals surface area contributed by atoms with Gasteiger partial charge in [0.25, 0.3) is 0 Å². The molecule has 0 saturated carbocycles. The third kappa shape index (κ3) is 11.0. The molecule has 1 aliphatic rings. The minimum absolute atomic E-state index is 0. The Labute approximate surface area is 264 Å². The molecule has 0 saturated heterocycles. The van der Waals surface area contributed by atoms with Crippen molar-refractivity contribution in [2.24, 2.45) is 11.8 Å². The predicted octanol–water partition coefficient (Wildman–Crippen LogP) is -14.8. The summed E-state index contributed by atoms with van der Waals surface area (Å²) in [5, 5.41) is 46.2. The van der Waals surface area contributed by atoms with Gasteiger partial charge in [0, 0.05) is 0 Å². The Morgan fingerprint density at radius 1 is 0.700 bits per heavy atom. The molecule has 12 heteroatoms. The second-order valence-corrected chi connectivity index (χ2v) is 6.37. The molecular weight excluding hydrogens is 436 g/mol. The SMILES string of the molecule is CCCC1C/C(C(=O)[O-])=C(/C(=O)[O-])CC(CC)C/C(C(=O)[O-])=C\1C(=O)[O-].[Na+].[Na+].[Na+].[Na+]. The normalized spacial score (nSPS) is 23.5. The van der Waals surface area contributed by atoms with Crippen molar-refractivity contribution >= 4 is 23.9 Å². The van der Waals surface area contributed by atoms with Crippen LogP contribution < -0.4 is 139 Å². The first-order valence-electron chi connectivity index (χ1n) is 8.44. The van der Waals surface area contributed by atoms with E-state index >= 15 is 0 Å². The maximum atomic E-state index is 11.7. The first-order chi connectivity index (χ1) is 12.1. The molecule has 1 rings (SSSR count). The number of carbonyl (C=O) groups is 4. The molecule has 144 valence electrons. The van der Waals surface area contributed by atoms with E-state index in [2.05, 4.69) is 0 Å².